The molecule has 0 radical (unpaired) electrons. The second-order valence-corrected chi connectivity index (χ2v) is 4.97. The van der Waals surface area contributed by atoms with Crippen LogP contribution in [0.2, 0.25) is 0 Å². The number of hydrogen-bond donors (Lipinski definition) is 1. The van der Waals surface area contributed by atoms with Crippen LogP contribution in [0.25, 0.3) is 0 Å². The summed E-state index contributed by atoms with van der Waals surface area (Å²) >= 11 is 0. The fraction of sp³-hybridized carbons (Fsp3) is 0.769. The Hall–Kier alpha value is -1.63. The Morgan fingerprint density at radius 2 is 2.00 bits per heavy atom. The molecule has 1 fully saturated rings. The molecule has 0 unspecified atom stereocenters. The highest BCUT2D eigenvalue weighted by molar-refractivity contribution is 5.38. The molecule has 1 aromatic heterocycles. The van der Waals surface area contributed by atoms with Crippen molar-refractivity contribution in [2.75, 3.05) is 51.1 Å². The smallest absolute Gasteiger partial charge is 0.322 e. The molecule has 0 atom stereocenters. The summed E-state index contributed by atoms with van der Waals surface area (Å²) in [7, 11) is 5.40. The molecule has 20 heavy (non-hydrogen) atoms. The standard InChI is InChI=1S/C13H24N6O/c1-5-19-8-6-10(7-9-19)18(3)12-15-11(14-2)16-13(17-12)20-4/h10H,5-9H2,1-4H3,(H,14,15,16,17). The van der Waals surface area contributed by atoms with Crippen molar-refractivity contribution >= 4 is 11.9 Å². The van der Waals surface area contributed by atoms with Gasteiger partial charge >= 0.3 is 6.01 Å². The lowest BCUT2D eigenvalue weighted by Gasteiger charge is -2.36. The van der Waals surface area contributed by atoms with Gasteiger partial charge in [0.05, 0.1) is 7.11 Å². The van der Waals surface area contributed by atoms with Gasteiger partial charge in [-0.2, -0.15) is 15.0 Å². The molecule has 0 aliphatic carbocycles. The fourth-order valence-electron chi connectivity index (χ4n) is 2.49. The zero-order chi connectivity index (χ0) is 14.5. The van der Waals surface area contributed by atoms with E-state index in [-0.39, 0.29) is 0 Å². The number of rotatable bonds is 5. The highest BCUT2D eigenvalue weighted by atomic mass is 16.5. The molecular formula is C13H24N6O. The number of nitrogens with zero attached hydrogens (tertiary/aromatic N) is 5. The molecule has 2 rings (SSSR count). The normalized spacial score (nSPS) is 17.0. The first-order valence-electron chi connectivity index (χ1n) is 7.11. The van der Waals surface area contributed by atoms with Gasteiger partial charge in [-0.25, -0.2) is 0 Å². The molecule has 0 saturated carbocycles. The van der Waals surface area contributed by atoms with Crippen molar-refractivity contribution in [3.05, 3.63) is 0 Å². The topological polar surface area (TPSA) is 66.4 Å². The van der Waals surface area contributed by atoms with Gasteiger partial charge in [0.15, 0.2) is 0 Å². The first-order chi connectivity index (χ1) is 9.67. The van der Waals surface area contributed by atoms with Crippen LogP contribution in [-0.2, 0) is 0 Å². The first-order valence-corrected chi connectivity index (χ1v) is 7.11. The van der Waals surface area contributed by atoms with E-state index in [1.807, 2.05) is 7.05 Å². The van der Waals surface area contributed by atoms with E-state index in [1.54, 1.807) is 14.2 Å². The van der Waals surface area contributed by atoms with E-state index in [4.69, 9.17) is 4.74 Å². The minimum absolute atomic E-state index is 0.345. The van der Waals surface area contributed by atoms with Crippen LogP contribution in [-0.4, -0.2) is 66.7 Å². The maximum absolute atomic E-state index is 5.13. The quantitative estimate of drug-likeness (QED) is 0.857. The van der Waals surface area contributed by atoms with Gasteiger partial charge in [-0.1, -0.05) is 6.92 Å². The molecule has 7 nitrogen and oxygen atoms in total. The van der Waals surface area contributed by atoms with Crippen LogP contribution in [0, 0.1) is 0 Å². The van der Waals surface area contributed by atoms with Crippen molar-refractivity contribution in [1.82, 2.24) is 19.9 Å². The second kappa shape index (κ2) is 6.69. The Kier molecular flexibility index (Phi) is 4.94. The van der Waals surface area contributed by atoms with Crippen molar-refractivity contribution in [1.29, 1.82) is 0 Å². The van der Waals surface area contributed by atoms with Crippen LogP contribution < -0.4 is 15.0 Å². The molecule has 7 heteroatoms. The Morgan fingerprint density at radius 1 is 1.30 bits per heavy atom. The molecule has 1 saturated heterocycles. The van der Waals surface area contributed by atoms with E-state index in [0.29, 0.717) is 23.9 Å². The predicted molar refractivity (Wildman–Crippen MR) is 79.5 cm³/mol. The lowest BCUT2D eigenvalue weighted by atomic mass is 10.0. The molecule has 1 N–H and O–H groups in total. The maximum atomic E-state index is 5.13. The van der Waals surface area contributed by atoms with Crippen LogP contribution in [0.5, 0.6) is 6.01 Å². The summed E-state index contributed by atoms with van der Waals surface area (Å²) in [5.41, 5.74) is 0. The number of aromatic nitrogens is 3. The van der Waals surface area contributed by atoms with Crippen molar-refractivity contribution in [2.45, 2.75) is 25.8 Å². The minimum atomic E-state index is 0.345. The molecule has 112 valence electrons. The van der Waals surface area contributed by atoms with Gasteiger partial charge in [0.1, 0.15) is 0 Å². The first kappa shape index (κ1) is 14.8. The summed E-state index contributed by atoms with van der Waals surface area (Å²) in [6.45, 7) is 5.60. The summed E-state index contributed by atoms with van der Waals surface area (Å²) in [5.74, 6) is 1.20. The zero-order valence-corrected chi connectivity index (χ0v) is 12.8. The fourth-order valence-corrected chi connectivity index (χ4v) is 2.49. The third-order valence-electron chi connectivity index (χ3n) is 3.88. The third-order valence-corrected chi connectivity index (χ3v) is 3.88. The number of piperidine rings is 1. The summed E-state index contributed by atoms with van der Waals surface area (Å²) in [4.78, 5) is 17.5. The van der Waals surface area contributed by atoms with Crippen molar-refractivity contribution < 1.29 is 4.74 Å². The summed E-state index contributed by atoms with van der Waals surface area (Å²) in [6, 6.07) is 0.812. The predicted octanol–water partition coefficient (Wildman–Crippen LogP) is 0.842. The number of anilines is 2. The number of ether oxygens (including phenoxy) is 1. The lowest BCUT2D eigenvalue weighted by molar-refractivity contribution is 0.220. The monoisotopic (exact) mass is 280 g/mol. The maximum Gasteiger partial charge on any atom is 0.322 e. The molecule has 0 bridgehead atoms. The molecule has 0 spiro atoms. The average molecular weight is 280 g/mol. The van der Waals surface area contributed by atoms with Gasteiger partial charge in [0.2, 0.25) is 11.9 Å². The lowest BCUT2D eigenvalue weighted by Crippen LogP contribution is -2.43. The third kappa shape index (κ3) is 3.27. The highest BCUT2D eigenvalue weighted by Crippen LogP contribution is 2.21. The van der Waals surface area contributed by atoms with E-state index in [0.717, 1.165) is 32.5 Å². The van der Waals surface area contributed by atoms with Crippen LogP contribution in [0.15, 0.2) is 0 Å². The van der Waals surface area contributed by atoms with E-state index in [1.165, 1.54) is 0 Å². The Labute approximate surface area is 120 Å². The van der Waals surface area contributed by atoms with Crippen LogP contribution in [0.1, 0.15) is 19.8 Å². The second-order valence-electron chi connectivity index (χ2n) is 4.97. The van der Waals surface area contributed by atoms with Gasteiger partial charge < -0.3 is 19.9 Å². The SMILES string of the molecule is CCN1CCC(N(C)c2nc(NC)nc(OC)n2)CC1. The van der Waals surface area contributed by atoms with E-state index >= 15 is 0 Å². The van der Waals surface area contributed by atoms with E-state index in [2.05, 4.69) is 37.0 Å². The van der Waals surface area contributed by atoms with Gasteiger partial charge in [-0.15, -0.1) is 0 Å². The van der Waals surface area contributed by atoms with Crippen molar-refractivity contribution in [3.8, 4) is 6.01 Å². The summed E-state index contributed by atoms with van der Waals surface area (Å²) < 4.78 is 5.13. The van der Waals surface area contributed by atoms with Gasteiger partial charge in [-0.3, -0.25) is 0 Å². The number of likely N-dealkylation sites (tertiary alicyclic amines) is 1. The van der Waals surface area contributed by atoms with Gasteiger partial charge in [-0.05, 0) is 19.4 Å². The molecule has 1 aliphatic rings. The van der Waals surface area contributed by atoms with E-state index < -0.39 is 0 Å². The highest BCUT2D eigenvalue weighted by Gasteiger charge is 2.24. The van der Waals surface area contributed by atoms with Crippen LogP contribution in [0.3, 0.4) is 0 Å². The van der Waals surface area contributed by atoms with Gasteiger partial charge in [0, 0.05) is 33.2 Å². The summed E-state index contributed by atoms with van der Waals surface area (Å²) in [6.07, 6.45) is 2.26. The Bertz CT molecular complexity index is 411. The molecule has 1 aliphatic heterocycles. The van der Waals surface area contributed by atoms with Gasteiger partial charge in [0.25, 0.3) is 0 Å². The van der Waals surface area contributed by atoms with Crippen molar-refractivity contribution in [2.24, 2.45) is 0 Å². The largest absolute Gasteiger partial charge is 0.467 e. The van der Waals surface area contributed by atoms with E-state index in [9.17, 15) is 0 Å². The molecule has 0 amide bonds. The summed E-state index contributed by atoms with van der Waals surface area (Å²) in [5, 5.41) is 2.94. The number of methoxy groups -OCH3 is 1. The molecule has 0 aromatic carbocycles. The zero-order valence-electron chi connectivity index (χ0n) is 12.8. The average Bonchev–Trinajstić information content (AvgIpc) is 2.53. The van der Waals surface area contributed by atoms with Crippen LogP contribution in [0.4, 0.5) is 11.9 Å². The number of nitrogens with one attached hydrogen (secondary N) is 1. The molecule has 1 aromatic rings. The Morgan fingerprint density at radius 3 is 2.55 bits per heavy atom. The number of hydrogen-bond acceptors (Lipinski definition) is 7. The minimum Gasteiger partial charge on any atom is -0.467 e. The molecule has 2 heterocycles. The molecular weight excluding hydrogens is 256 g/mol. The Balaban J connectivity index is 2.10. The van der Waals surface area contributed by atoms with Crippen LogP contribution >= 0.6 is 0 Å². The van der Waals surface area contributed by atoms with Crippen molar-refractivity contribution in [3.63, 3.8) is 0 Å².